The van der Waals surface area contributed by atoms with Gasteiger partial charge in [-0.25, -0.2) is 5.43 Å². The molecule has 1 aromatic heterocycles. The van der Waals surface area contributed by atoms with Crippen LogP contribution in [0.2, 0.25) is 0 Å². The third-order valence-corrected chi connectivity index (χ3v) is 3.82. The molecular weight excluding hydrogens is 326 g/mol. The Balaban J connectivity index is 1.76. The van der Waals surface area contributed by atoms with Crippen LogP contribution in [0, 0.1) is 0 Å². The van der Waals surface area contributed by atoms with Gasteiger partial charge in [-0.15, -0.1) is 0 Å². The minimum absolute atomic E-state index is 0.183. The van der Waals surface area contributed by atoms with E-state index in [0.29, 0.717) is 5.71 Å². The highest BCUT2D eigenvalue weighted by molar-refractivity contribution is 6.13. The van der Waals surface area contributed by atoms with Gasteiger partial charge in [0.1, 0.15) is 5.75 Å². The minimum Gasteiger partial charge on any atom is -0.497 e. The first-order valence-electron chi connectivity index (χ1n) is 8.21. The molecule has 0 atom stereocenters. The summed E-state index contributed by atoms with van der Waals surface area (Å²) in [6.07, 6.45) is 3.64. The number of nitrogens with one attached hydrogen (secondary N) is 1. The van der Waals surface area contributed by atoms with Crippen LogP contribution in [0.5, 0.6) is 5.75 Å². The molecule has 0 saturated carbocycles. The first kappa shape index (κ1) is 17.4. The van der Waals surface area contributed by atoms with Gasteiger partial charge in [-0.2, -0.15) is 5.10 Å². The van der Waals surface area contributed by atoms with Crippen LogP contribution in [-0.4, -0.2) is 23.7 Å². The van der Waals surface area contributed by atoms with Gasteiger partial charge in [0, 0.05) is 23.5 Å². The molecular formula is C21H19N3O2. The molecule has 3 rings (SSSR count). The lowest BCUT2D eigenvalue weighted by molar-refractivity contribution is -0.120. The summed E-state index contributed by atoms with van der Waals surface area (Å²) in [4.78, 5) is 16.3. The van der Waals surface area contributed by atoms with E-state index in [-0.39, 0.29) is 12.3 Å². The molecule has 2 aromatic carbocycles. The Bertz CT molecular complexity index is 835. The summed E-state index contributed by atoms with van der Waals surface area (Å²) in [5.74, 6) is 0.578. The molecule has 1 amide bonds. The summed E-state index contributed by atoms with van der Waals surface area (Å²) in [6, 6.07) is 20.8. The van der Waals surface area contributed by atoms with E-state index in [1.54, 1.807) is 19.5 Å². The van der Waals surface area contributed by atoms with Crippen LogP contribution in [-0.2, 0) is 11.2 Å². The number of hydrazone groups is 1. The maximum absolute atomic E-state index is 12.3. The van der Waals surface area contributed by atoms with Gasteiger partial charge in [-0.05, 0) is 29.8 Å². The van der Waals surface area contributed by atoms with Crippen LogP contribution in [0.3, 0.4) is 0 Å². The lowest BCUT2D eigenvalue weighted by atomic mass is 10.0. The fourth-order valence-electron chi connectivity index (χ4n) is 2.49. The number of nitrogens with zero attached hydrogens (tertiary/aromatic N) is 2. The summed E-state index contributed by atoms with van der Waals surface area (Å²) in [5.41, 5.74) is 6.04. The van der Waals surface area contributed by atoms with Crippen LogP contribution in [0.15, 0.2) is 84.2 Å². The Hall–Kier alpha value is -3.47. The van der Waals surface area contributed by atoms with Gasteiger partial charge in [0.2, 0.25) is 5.91 Å². The summed E-state index contributed by atoms with van der Waals surface area (Å²) in [5, 5.41) is 4.36. The highest BCUT2D eigenvalue weighted by Gasteiger charge is 2.08. The maximum atomic E-state index is 12.3. The summed E-state index contributed by atoms with van der Waals surface area (Å²) >= 11 is 0. The Kier molecular flexibility index (Phi) is 5.72. The Labute approximate surface area is 152 Å². The normalized spacial score (nSPS) is 11.0. The molecule has 0 unspecified atom stereocenters. The SMILES string of the molecule is COc1ccc(CC(=O)N/N=C(/c2ccccc2)c2ccncc2)cc1. The molecule has 0 aliphatic carbocycles. The molecule has 0 aliphatic heterocycles. The zero-order chi connectivity index (χ0) is 18.2. The van der Waals surface area contributed by atoms with Gasteiger partial charge in [-0.1, -0.05) is 42.5 Å². The molecule has 0 spiro atoms. The standard InChI is InChI=1S/C21H19N3O2/c1-26-19-9-7-16(8-10-19)15-20(25)23-24-21(17-5-3-2-4-6-17)18-11-13-22-14-12-18/h2-14H,15H2,1H3,(H,23,25)/b24-21-. The molecule has 0 fully saturated rings. The van der Waals surface area contributed by atoms with E-state index in [1.165, 1.54) is 0 Å². The fraction of sp³-hybridized carbons (Fsp3) is 0.0952. The van der Waals surface area contributed by atoms with Crippen molar-refractivity contribution in [2.45, 2.75) is 6.42 Å². The van der Waals surface area contributed by atoms with Gasteiger partial charge in [-0.3, -0.25) is 9.78 Å². The van der Waals surface area contributed by atoms with E-state index in [0.717, 1.165) is 22.4 Å². The van der Waals surface area contributed by atoms with Crippen molar-refractivity contribution in [3.63, 3.8) is 0 Å². The predicted molar refractivity (Wildman–Crippen MR) is 101 cm³/mol. The number of rotatable bonds is 6. The molecule has 130 valence electrons. The summed E-state index contributed by atoms with van der Waals surface area (Å²) < 4.78 is 5.12. The highest BCUT2D eigenvalue weighted by Crippen LogP contribution is 2.12. The van der Waals surface area contributed by atoms with Crippen molar-refractivity contribution in [1.29, 1.82) is 0 Å². The lowest BCUT2D eigenvalue weighted by Crippen LogP contribution is -2.22. The number of carbonyl (C=O) groups is 1. The number of hydrogen-bond acceptors (Lipinski definition) is 4. The third-order valence-electron chi connectivity index (χ3n) is 3.82. The zero-order valence-electron chi connectivity index (χ0n) is 14.4. The minimum atomic E-state index is -0.183. The van der Waals surface area contributed by atoms with E-state index in [1.807, 2.05) is 66.7 Å². The van der Waals surface area contributed by atoms with Gasteiger partial charge < -0.3 is 4.74 Å². The largest absolute Gasteiger partial charge is 0.497 e. The van der Waals surface area contributed by atoms with Crippen molar-refractivity contribution >= 4 is 11.6 Å². The lowest BCUT2D eigenvalue weighted by Gasteiger charge is -2.08. The van der Waals surface area contributed by atoms with Crippen molar-refractivity contribution in [2.75, 3.05) is 7.11 Å². The highest BCUT2D eigenvalue weighted by atomic mass is 16.5. The number of ether oxygens (including phenoxy) is 1. The first-order chi connectivity index (χ1) is 12.8. The van der Waals surface area contributed by atoms with Crippen LogP contribution in [0.25, 0.3) is 0 Å². The van der Waals surface area contributed by atoms with Crippen LogP contribution < -0.4 is 10.2 Å². The van der Waals surface area contributed by atoms with Crippen molar-refractivity contribution < 1.29 is 9.53 Å². The Morgan fingerprint density at radius 1 is 0.962 bits per heavy atom. The average Bonchev–Trinajstić information content (AvgIpc) is 2.70. The molecule has 5 heteroatoms. The molecule has 26 heavy (non-hydrogen) atoms. The average molecular weight is 345 g/mol. The quantitative estimate of drug-likeness (QED) is 0.551. The van der Waals surface area contributed by atoms with Gasteiger partial charge in [0.25, 0.3) is 0 Å². The molecule has 0 bridgehead atoms. The zero-order valence-corrected chi connectivity index (χ0v) is 14.4. The first-order valence-corrected chi connectivity index (χ1v) is 8.21. The number of pyridine rings is 1. The summed E-state index contributed by atoms with van der Waals surface area (Å²) in [6.45, 7) is 0. The van der Waals surface area contributed by atoms with Crippen molar-refractivity contribution in [1.82, 2.24) is 10.4 Å². The number of methoxy groups -OCH3 is 1. The van der Waals surface area contributed by atoms with Crippen molar-refractivity contribution in [3.8, 4) is 5.75 Å². The van der Waals surface area contributed by atoms with Crippen LogP contribution in [0.4, 0.5) is 0 Å². The molecule has 0 radical (unpaired) electrons. The number of carbonyl (C=O) groups excluding carboxylic acids is 1. The number of aromatic nitrogens is 1. The number of benzene rings is 2. The summed E-state index contributed by atoms with van der Waals surface area (Å²) in [7, 11) is 1.61. The topological polar surface area (TPSA) is 63.6 Å². The van der Waals surface area contributed by atoms with Crippen molar-refractivity contribution in [3.05, 3.63) is 95.8 Å². The molecule has 1 heterocycles. The van der Waals surface area contributed by atoms with E-state index < -0.39 is 0 Å². The smallest absolute Gasteiger partial charge is 0.244 e. The molecule has 5 nitrogen and oxygen atoms in total. The number of hydrogen-bond donors (Lipinski definition) is 1. The maximum Gasteiger partial charge on any atom is 0.244 e. The second kappa shape index (κ2) is 8.58. The monoisotopic (exact) mass is 345 g/mol. The second-order valence-electron chi connectivity index (χ2n) is 5.62. The Morgan fingerprint density at radius 3 is 2.27 bits per heavy atom. The van der Waals surface area contributed by atoms with Gasteiger partial charge >= 0.3 is 0 Å². The molecule has 3 aromatic rings. The molecule has 1 N–H and O–H groups in total. The van der Waals surface area contributed by atoms with Crippen LogP contribution >= 0.6 is 0 Å². The van der Waals surface area contributed by atoms with E-state index >= 15 is 0 Å². The number of amides is 1. The third kappa shape index (κ3) is 4.54. The van der Waals surface area contributed by atoms with Gasteiger partial charge in [0.05, 0.1) is 19.2 Å². The molecule has 0 aliphatic rings. The van der Waals surface area contributed by atoms with Gasteiger partial charge in [0.15, 0.2) is 0 Å². The molecule has 0 saturated heterocycles. The second-order valence-corrected chi connectivity index (χ2v) is 5.62. The van der Waals surface area contributed by atoms with E-state index in [4.69, 9.17) is 4.74 Å². The van der Waals surface area contributed by atoms with E-state index in [2.05, 4.69) is 15.5 Å². The fourth-order valence-corrected chi connectivity index (χ4v) is 2.49. The van der Waals surface area contributed by atoms with Crippen molar-refractivity contribution in [2.24, 2.45) is 5.10 Å². The van der Waals surface area contributed by atoms with Crippen LogP contribution in [0.1, 0.15) is 16.7 Å². The Morgan fingerprint density at radius 2 is 1.62 bits per heavy atom. The predicted octanol–water partition coefficient (Wildman–Crippen LogP) is 3.20. The van der Waals surface area contributed by atoms with E-state index in [9.17, 15) is 4.79 Å².